The topological polar surface area (TPSA) is 27.1 Å². The lowest BCUT2D eigenvalue weighted by molar-refractivity contribution is 0.419. The highest BCUT2D eigenvalue weighted by Crippen LogP contribution is 2.30. The van der Waals surface area contributed by atoms with E-state index < -0.39 is 0 Å². The van der Waals surface area contributed by atoms with Crippen LogP contribution in [0.5, 0.6) is 5.75 Å². The van der Waals surface area contributed by atoms with Crippen LogP contribution in [-0.2, 0) is 5.88 Å². The van der Waals surface area contributed by atoms with E-state index in [0.717, 1.165) is 16.7 Å². The average molecular weight is 370 g/mol. The molecule has 6 heteroatoms. The van der Waals surface area contributed by atoms with E-state index in [4.69, 9.17) is 16.3 Å². The number of ether oxygens (including phenoxy) is 1. The molecule has 0 saturated heterocycles. The van der Waals surface area contributed by atoms with Gasteiger partial charge in [0.2, 0.25) is 0 Å². The first-order chi connectivity index (χ1) is 10.2. The summed E-state index contributed by atoms with van der Waals surface area (Å²) in [4.78, 5) is 4.53. The lowest BCUT2D eigenvalue weighted by Crippen LogP contribution is -1.99. The average Bonchev–Trinajstić information content (AvgIpc) is 2.88. The standard InChI is InChI=1S/C15H11BrClFN2O/c1-21-13-4-2-3-12-15(13)19-14(8-17)20(12)9-5-6-11(18)10(16)7-9/h2-7H,8H2,1H3. The van der Waals surface area contributed by atoms with Crippen molar-refractivity contribution in [1.29, 1.82) is 0 Å². The van der Waals surface area contributed by atoms with Gasteiger partial charge in [-0.1, -0.05) is 6.07 Å². The van der Waals surface area contributed by atoms with Crippen LogP contribution in [0.25, 0.3) is 16.7 Å². The Morgan fingerprint density at radius 1 is 1.33 bits per heavy atom. The summed E-state index contributed by atoms with van der Waals surface area (Å²) in [6.07, 6.45) is 0. The third-order valence-electron chi connectivity index (χ3n) is 3.22. The zero-order valence-electron chi connectivity index (χ0n) is 11.1. The predicted octanol–water partition coefficient (Wildman–Crippen LogP) is 4.67. The maximum absolute atomic E-state index is 13.4. The summed E-state index contributed by atoms with van der Waals surface area (Å²) in [6, 6.07) is 10.5. The molecule has 3 aromatic rings. The van der Waals surface area contributed by atoms with Crippen molar-refractivity contribution in [2.24, 2.45) is 0 Å². The van der Waals surface area contributed by atoms with Gasteiger partial charge in [-0.05, 0) is 46.3 Å². The van der Waals surface area contributed by atoms with Crippen molar-refractivity contribution in [1.82, 2.24) is 9.55 Å². The summed E-state index contributed by atoms with van der Waals surface area (Å²) in [5.41, 5.74) is 2.38. The van der Waals surface area contributed by atoms with Crippen molar-refractivity contribution in [3.8, 4) is 11.4 Å². The second-order valence-corrected chi connectivity index (χ2v) is 5.55. The van der Waals surface area contributed by atoms with Gasteiger partial charge < -0.3 is 4.74 Å². The van der Waals surface area contributed by atoms with Gasteiger partial charge in [-0.25, -0.2) is 9.37 Å². The van der Waals surface area contributed by atoms with Gasteiger partial charge in [-0.2, -0.15) is 0 Å². The molecule has 2 aromatic carbocycles. The normalized spacial score (nSPS) is 11.0. The Bertz CT molecular complexity index is 819. The largest absolute Gasteiger partial charge is 0.494 e. The van der Waals surface area contributed by atoms with E-state index in [0.29, 0.717) is 16.0 Å². The lowest BCUT2D eigenvalue weighted by Gasteiger charge is -2.09. The number of imidazole rings is 1. The van der Waals surface area contributed by atoms with E-state index in [1.165, 1.54) is 6.07 Å². The second kappa shape index (κ2) is 5.66. The van der Waals surface area contributed by atoms with Crippen LogP contribution in [0.1, 0.15) is 5.82 Å². The van der Waals surface area contributed by atoms with Gasteiger partial charge >= 0.3 is 0 Å². The monoisotopic (exact) mass is 368 g/mol. The van der Waals surface area contributed by atoms with Gasteiger partial charge in [-0.15, -0.1) is 11.6 Å². The molecular weight excluding hydrogens is 359 g/mol. The molecule has 0 aliphatic heterocycles. The predicted molar refractivity (Wildman–Crippen MR) is 84.8 cm³/mol. The number of rotatable bonds is 3. The maximum Gasteiger partial charge on any atom is 0.146 e. The number of hydrogen-bond donors (Lipinski definition) is 0. The van der Waals surface area contributed by atoms with Crippen molar-refractivity contribution in [2.45, 2.75) is 5.88 Å². The van der Waals surface area contributed by atoms with E-state index in [9.17, 15) is 4.39 Å². The molecule has 108 valence electrons. The third-order valence-corrected chi connectivity index (χ3v) is 4.07. The molecule has 0 amide bonds. The van der Waals surface area contributed by atoms with Crippen LogP contribution < -0.4 is 4.74 Å². The minimum atomic E-state index is -0.312. The molecule has 0 unspecified atom stereocenters. The molecule has 0 fully saturated rings. The number of hydrogen-bond acceptors (Lipinski definition) is 2. The van der Waals surface area contributed by atoms with Gasteiger partial charge in [0, 0.05) is 5.69 Å². The number of benzene rings is 2. The Hall–Kier alpha value is -1.59. The second-order valence-electron chi connectivity index (χ2n) is 4.42. The number of fused-ring (bicyclic) bond motifs is 1. The Kier molecular flexibility index (Phi) is 3.87. The van der Waals surface area contributed by atoms with Gasteiger partial charge in [0.1, 0.15) is 22.9 Å². The number of para-hydroxylation sites is 1. The van der Waals surface area contributed by atoms with Crippen molar-refractivity contribution in [2.75, 3.05) is 7.11 Å². The summed E-state index contributed by atoms with van der Waals surface area (Å²) >= 11 is 9.21. The van der Waals surface area contributed by atoms with Crippen LogP contribution in [0.15, 0.2) is 40.9 Å². The molecule has 1 aromatic heterocycles. The molecule has 0 bridgehead atoms. The smallest absolute Gasteiger partial charge is 0.146 e. The van der Waals surface area contributed by atoms with Crippen LogP contribution >= 0.6 is 27.5 Å². The fraction of sp³-hybridized carbons (Fsp3) is 0.133. The van der Waals surface area contributed by atoms with Gasteiger partial charge in [0.05, 0.1) is 23.0 Å². The van der Waals surface area contributed by atoms with E-state index in [1.54, 1.807) is 19.2 Å². The quantitative estimate of drug-likeness (QED) is 0.627. The van der Waals surface area contributed by atoms with Gasteiger partial charge in [0.25, 0.3) is 0 Å². The highest BCUT2D eigenvalue weighted by atomic mass is 79.9. The van der Waals surface area contributed by atoms with E-state index in [2.05, 4.69) is 20.9 Å². The van der Waals surface area contributed by atoms with Gasteiger partial charge in [-0.3, -0.25) is 4.57 Å². The first-order valence-corrected chi connectivity index (χ1v) is 7.54. The number of nitrogens with zero attached hydrogens (tertiary/aromatic N) is 2. The Balaban J connectivity index is 2.32. The zero-order valence-corrected chi connectivity index (χ0v) is 13.4. The van der Waals surface area contributed by atoms with E-state index >= 15 is 0 Å². The molecule has 0 radical (unpaired) electrons. The minimum absolute atomic E-state index is 0.243. The molecule has 0 atom stereocenters. The zero-order chi connectivity index (χ0) is 15.0. The summed E-state index contributed by atoms with van der Waals surface area (Å²) < 4.78 is 21.1. The molecule has 0 aliphatic carbocycles. The van der Waals surface area contributed by atoms with Crippen molar-refractivity contribution in [3.63, 3.8) is 0 Å². The number of aromatic nitrogens is 2. The van der Waals surface area contributed by atoms with Gasteiger partial charge in [0.15, 0.2) is 0 Å². The molecule has 3 nitrogen and oxygen atoms in total. The molecule has 21 heavy (non-hydrogen) atoms. The van der Waals surface area contributed by atoms with Crippen LogP contribution in [0, 0.1) is 5.82 Å². The van der Waals surface area contributed by atoms with Crippen LogP contribution in [0.3, 0.4) is 0 Å². The fourth-order valence-corrected chi connectivity index (χ4v) is 2.83. The van der Waals surface area contributed by atoms with Crippen LogP contribution in [-0.4, -0.2) is 16.7 Å². The number of alkyl halides is 1. The number of methoxy groups -OCH3 is 1. The summed E-state index contributed by atoms with van der Waals surface area (Å²) in [6.45, 7) is 0. The van der Waals surface area contributed by atoms with Crippen molar-refractivity contribution < 1.29 is 9.13 Å². The SMILES string of the molecule is COc1cccc2c1nc(CCl)n2-c1ccc(F)c(Br)c1. The van der Waals surface area contributed by atoms with E-state index in [-0.39, 0.29) is 11.7 Å². The number of halogens is 3. The maximum atomic E-state index is 13.4. The Morgan fingerprint density at radius 2 is 2.14 bits per heavy atom. The first-order valence-electron chi connectivity index (χ1n) is 6.21. The molecule has 0 spiro atoms. The third kappa shape index (κ3) is 2.40. The fourth-order valence-electron chi connectivity index (χ4n) is 2.29. The molecule has 1 heterocycles. The van der Waals surface area contributed by atoms with Crippen LogP contribution in [0.2, 0.25) is 0 Å². The first kappa shape index (κ1) is 14.4. The summed E-state index contributed by atoms with van der Waals surface area (Å²) in [5.74, 6) is 1.29. The molecule has 0 aliphatic rings. The summed E-state index contributed by atoms with van der Waals surface area (Å²) in [5, 5.41) is 0. The highest BCUT2D eigenvalue weighted by Gasteiger charge is 2.15. The van der Waals surface area contributed by atoms with E-state index in [1.807, 2.05) is 22.8 Å². The molecule has 3 rings (SSSR count). The lowest BCUT2D eigenvalue weighted by atomic mass is 10.2. The highest BCUT2D eigenvalue weighted by molar-refractivity contribution is 9.10. The Labute approximate surface area is 134 Å². The van der Waals surface area contributed by atoms with Crippen molar-refractivity contribution in [3.05, 3.63) is 52.5 Å². The minimum Gasteiger partial charge on any atom is -0.494 e. The Morgan fingerprint density at radius 3 is 2.81 bits per heavy atom. The molecular formula is C15H11BrClFN2O. The molecule has 0 saturated carbocycles. The van der Waals surface area contributed by atoms with Crippen LogP contribution in [0.4, 0.5) is 4.39 Å². The summed E-state index contributed by atoms with van der Waals surface area (Å²) in [7, 11) is 1.60. The molecule has 0 N–H and O–H groups in total. The van der Waals surface area contributed by atoms with Crippen molar-refractivity contribution >= 4 is 38.6 Å².